The van der Waals surface area contributed by atoms with Crippen molar-refractivity contribution in [3.63, 3.8) is 0 Å². The molecule has 0 aromatic heterocycles. The summed E-state index contributed by atoms with van der Waals surface area (Å²) < 4.78 is 23.0. The van der Waals surface area contributed by atoms with Gasteiger partial charge >= 0.3 is 0 Å². The Balaban J connectivity index is 1.76. The van der Waals surface area contributed by atoms with Crippen LogP contribution in [0.5, 0.6) is 0 Å². The minimum Gasteiger partial charge on any atom is -0.310 e. The van der Waals surface area contributed by atoms with Gasteiger partial charge in [0.05, 0.1) is 18.1 Å². The van der Waals surface area contributed by atoms with Crippen molar-refractivity contribution in [2.75, 3.05) is 42.6 Å². The quantitative estimate of drug-likeness (QED) is 0.809. The second-order valence-corrected chi connectivity index (χ2v) is 9.64. The van der Waals surface area contributed by atoms with Gasteiger partial charge in [-0.25, -0.2) is 8.42 Å². The molecule has 0 saturated carbocycles. The van der Waals surface area contributed by atoms with Crippen LogP contribution in [0.1, 0.15) is 19.4 Å². The number of carbonyl (C=O) groups is 1. The summed E-state index contributed by atoms with van der Waals surface area (Å²) in [6, 6.07) is 5.64. The first kappa shape index (κ1) is 16.7. The Bertz CT molecular complexity index is 732. The highest BCUT2D eigenvalue weighted by molar-refractivity contribution is 7.91. The highest BCUT2D eigenvalue weighted by Crippen LogP contribution is 2.44. The highest BCUT2D eigenvalue weighted by atomic mass is 35.5. The van der Waals surface area contributed by atoms with E-state index >= 15 is 0 Å². The predicted molar refractivity (Wildman–Crippen MR) is 91.9 cm³/mol. The summed E-state index contributed by atoms with van der Waals surface area (Å²) in [5.74, 6) is 0.265. The fourth-order valence-electron chi connectivity index (χ4n) is 3.37. The average molecular weight is 357 g/mol. The molecule has 3 rings (SSSR count). The number of nitrogens with zero attached hydrogens (tertiary/aromatic N) is 2. The van der Waals surface area contributed by atoms with Crippen LogP contribution < -0.4 is 4.90 Å². The number of halogens is 1. The lowest BCUT2D eigenvalue weighted by Gasteiger charge is -2.28. The number of anilines is 1. The van der Waals surface area contributed by atoms with Gasteiger partial charge in [0, 0.05) is 41.3 Å². The molecule has 1 saturated heterocycles. The molecule has 0 atom stereocenters. The van der Waals surface area contributed by atoms with E-state index in [9.17, 15) is 13.2 Å². The van der Waals surface area contributed by atoms with E-state index in [0.717, 1.165) is 11.3 Å². The fraction of sp³-hybridized carbons (Fsp3) is 0.562. The van der Waals surface area contributed by atoms with Gasteiger partial charge in [-0.2, -0.15) is 0 Å². The first-order valence-electron chi connectivity index (χ1n) is 7.72. The van der Waals surface area contributed by atoms with E-state index in [1.54, 1.807) is 4.90 Å². The van der Waals surface area contributed by atoms with Gasteiger partial charge in [0.15, 0.2) is 9.84 Å². The number of rotatable bonds is 2. The van der Waals surface area contributed by atoms with E-state index in [-0.39, 0.29) is 29.4 Å². The van der Waals surface area contributed by atoms with E-state index in [2.05, 4.69) is 13.8 Å². The van der Waals surface area contributed by atoms with Crippen molar-refractivity contribution >= 4 is 33.0 Å². The molecule has 7 heteroatoms. The maximum Gasteiger partial charge on any atom is 0.241 e. The SMILES string of the molecule is CC1(C)CN(C(=O)CN2CCS(=O)(=O)CC2)c2cccc(Cl)c21. The molecule has 2 heterocycles. The Hall–Kier alpha value is -1.11. The van der Waals surface area contributed by atoms with Crippen LogP contribution in [0.3, 0.4) is 0 Å². The Morgan fingerprint density at radius 3 is 2.57 bits per heavy atom. The standard InChI is InChI=1S/C16H21ClN2O3S/c1-16(2)11-19(13-5-3-4-12(17)15(13)16)14(20)10-18-6-8-23(21,22)9-7-18/h3-5H,6-11H2,1-2H3. The minimum absolute atomic E-state index is 0.00149. The Labute approximate surface area is 142 Å². The Morgan fingerprint density at radius 2 is 1.91 bits per heavy atom. The molecule has 1 amide bonds. The first-order chi connectivity index (χ1) is 10.7. The average Bonchev–Trinajstić information content (AvgIpc) is 2.74. The van der Waals surface area contributed by atoms with Crippen molar-refractivity contribution in [3.05, 3.63) is 28.8 Å². The van der Waals surface area contributed by atoms with Crippen LogP contribution in [0, 0.1) is 0 Å². The first-order valence-corrected chi connectivity index (χ1v) is 9.92. The molecule has 1 fully saturated rings. The molecule has 0 aliphatic carbocycles. The van der Waals surface area contributed by atoms with E-state index < -0.39 is 9.84 Å². The molecule has 0 N–H and O–H groups in total. The minimum atomic E-state index is -2.93. The van der Waals surface area contributed by atoms with Gasteiger partial charge in [0.1, 0.15) is 0 Å². The summed E-state index contributed by atoms with van der Waals surface area (Å²) in [7, 11) is -2.93. The van der Waals surface area contributed by atoms with Crippen LogP contribution in [0.15, 0.2) is 18.2 Å². The zero-order chi connectivity index (χ0) is 16.8. The highest BCUT2D eigenvalue weighted by Gasteiger charge is 2.39. The van der Waals surface area contributed by atoms with Gasteiger partial charge in [-0.05, 0) is 12.1 Å². The van der Waals surface area contributed by atoms with Gasteiger partial charge < -0.3 is 4.90 Å². The van der Waals surface area contributed by atoms with Crippen molar-refractivity contribution < 1.29 is 13.2 Å². The lowest BCUT2D eigenvalue weighted by atomic mass is 9.87. The van der Waals surface area contributed by atoms with Crippen molar-refractivity contribution in [3.8, 4) is 0 Å². The number of hydrogen-bond donors (Lipinski definition) is 0. The number of benzene rings is 1. The van der Waals surface area contributed by atoms with Gasteiger partial charge in [-0.1, -0.05) is 31.5 Å². The van der Waals surface area contributed by atoms with Gasteiger partial charge in [0.25, 0.3) is 0 Å². The fourth-order valence-corrected chi connectivity index (χ4v) is 5.08. The lowest BCUT2D eigenvalue weighted by Crippen LogP contribution is -2.47. The molecule has 2 aliphatic heterocycles. The van der Waals surface area contributed by atoms with Crippen LogP contribution in [0.25, 0.3) is 0 Å². The molecule has 5 nitrogen and oxygen atoms in total. The maximum atomic E-state index is 12.7. The number of fused-ring (bicyclic) bond motifs is 1. The van der Waals surface area contributed by atoms with Crippen LogP contribution in [-0.4, -0.2) is 56.9 Å². The van der Waals surface area contributed by atoms with E-state index in [1.165, 1.54) is 0 Å². The van der Waals surface area contributed by atoms with E-state index in [0.29, 0.717) is 24.7 Å². The molecule has 0 radical (unpaired) electrons. The lowest BCUT2D eigenvalue weighted by molar-refractivity contribution is -0.119. The summed E-state index contributed by atoms with van der Waals surface area (Å²) in [6.07, 6.45) is 0. The summed E-state index contributed by atoms with van der Waals surface area (Å²) >= 11 is 6.33. The van der Waals surface area contributed by atoms with Crippen LogP contribution in [-0.2, 0) is 20.0 Å². The summed E-state index contributed by atoms with van der Waals surface area (Å²) in [5, 5.41) is 0.687. The van der Waals surface area contributed by atoms with E-state index in [1.807, 2.05) is 23.1 Å². The van der Waals surface area contributed by atoms with E-state index in [4.69, 9.17) is 11.6 Å². The third-order valence-corrected chi connectivity index (χ3v) is 6.53. The predicted octanol–water partition coefficient (Wildman–Crippen LogP) is 1.69. The Kier molecular flexibility index (Phi) is 4.19. The summed E-state index contributed by atoms with van der Waals surface area (Å²) in [4.78, 5) is 16.4. The van der Waals surface area contributed by atoms with Crippen LogP contribution in [0.4, 0.5) is 5.69 Å². The summed E-state index contributed by atoms with van der Waals surface area (Å²) in [5.41, 5.74) is 1.70. The van der Waals surface area contributed by atoms with Crippen molar-refractivity contribution in [2.24, 2.45) is 0 Å². The smallest absolute Gasteiger partial charge is 0.241 e. The topological polar surface area (TPSA) is 57.7 Å². The Morgan fingerprint density at radius 1 is 1.26 bits per heavy atom. The normalized spacial score (nSPS) is 22.8. The third kappa shape index (κ3) is 3.25. The number of amides is 1. The monoisotopic (exact) mass is 356 g/mol. The van der Waals surface area contributed by atoms with Crippen molar-refractivity contribution in [1.29, 1.82) is 0 Å². The second-order valence-electron chi connectivity index (χ2n) is 6.93. The largest absolute Gasteiger partial charge is 0.310 e. The maximum absolute atomic E-state index is 12.7. The molecule has 126 valence electrons. The van der Waals surface area contributed by atoms with Crippen molar-refractivity contribution in [2.45, 2.75) is 19.3 Å². The molecule has 1 aromatic carbocycles. The number of hydrogen-bond acceptors (Lipinski definition) is 4. The zero-order valence-electron chi connectivity index (χ0n) is 13.4. The number of carbonyl (C=O) groups excluding carboxylic acids is 1. The second kappa shape index (κ2) is 5.76. The molecule has 1 aromatic rings. The third-order valence-electron chi connectivity index (χ3n) is 4.61. The molecule has 2 aliphatic rings. The zero-order valence-corrected chi connectivity index (χ0v) is 15.0. The van der Waals surface area contributed by atoms with Gasteiger partial charge in [0.2, 0.25) is 5.91 Å². The van der Waals surface area contributed by atoms with Crippen molar-refractivity contribution in [1.82, 2.24) is 4.90 Å². The van der Waals surface area contributed by atoms with Gasteiger partial charge in [-0.15, -0.1) is 0 Å². The summed E-state index contributed by atoms with van der Waals surface area (Å²) in [6.45, 7) is 5.85. The molecule has 0 bridgehead atoms. The molecular formula is C16H21ClN2O3S. The molecule has 23 heavy (non-hydrogen) atoms. The van der Waals surface area contributed by atoms with Crippen LogP contribution >= 0.6 is 11.6 Å². The molecule has 0 unspecified atom stereocenters. The van der Waals surface area contributed by atoms with Crippen LogP contribution in [0.2, 0.25) is 5.02 Å². The molecule has 0 spiro atoms. The molecular weight excluding hydrogens is 336 g/mol. The number of sulfone groups is 1. The van der Waals surface area contributed by atoms with Gasteiger partial charge in [-0.3, -0.25) is 9.69 Å².